The number of benzene rings is 3. The number of piperazine rings is 1. The van der Waals surface area contributed by atoms with Gasteiger partial charge in [0.05, 0.1) is 24.3 Å². The number of carbonyl (C=O) groups is 2. The fourth-order valence-corrected chi connectivity index (χ4v) is 6.54. The van der Waals surface area contributed by atoms with E-state index < -0.39 is 17.2 Å². The number of aromatic nitrogens is 1. The molecular weight excluding hydrogens is 603 g/mol. The first kappa shape index (κ1) is 31.3. The summed E-state index contributed by atoms with van der Waals surface area (Å²) in [6.45, 7) is 8.45. The molecule has 0 atom stereocenters. The normalized spacial score (nSPS) is 17.0. The van der Waals surface area contributed by atoms with Gasteiger partial charge in [-0.25, -0.2) is 4.39 Å². The SMILES string of the molecule is CN1CCN(CCCNC(=O)c2cn3c4c(c(NC(=O)CCN5CCOCC5)c(F)cc4c2=O)Oc2cc4ccccc4cc2-3)CC1. The smallest absolute Gasteiger partial charge is 0.256 e. The van der Waals surface area contributed by atoms with Crippen molar-refractivity contribution in [3.63, 3.8) is 0 Å². The van der Waals surface area contributed by atoms with Crippen molar-refractivity contribution < 1.29 is 23.5 Å². The van der Waals surface area contributed by atoms with Gasteiger partial charge in [-0.1, -0.05) is 24.3 Å². The van der Waals surface area contributed by atoms with E-state index in [2.05, 4.69) is 32.4 Å². The molecule has 0 spiro atoms. The molecule has 4 aromatic rings. The Labute approximate surface area is 271 Å². The lowest BCUT2D eigenvalue weighted by Crippen LogP contribution is -2.45. The third kappa shape index (κ3) is 6.46. The van der Waals surface area contributed by atoms with Gasteiger partial charge in [-0.15, -0.1) is 0 Å². The second kappa shape index (κ2) is 13.4. The standard InChI is InChI=1S/C35H39FN6O5/c1-39-11-13-40(14-12-39)9-4-8-37-35(45)26-22-42-28-19-23-5-2-3-6-24(23)20-29(28)47-34-31(27(36)21-25(32(34)42)33(26)44)38-30(43)7-10-41-15-17-46-18-16-41/h2-3,5-6,19-22H,4,7-18H2,1H3,(H,37,45)(H,38,43). The molecule has 0 unspecified atom stereocenters. The molecule has 0 saturated carbocycles. The van der Waals surface area contributed by atoms with E-state index in [-0.39, 0.29) is 40.2 Å². The lowest BCUT2D eigenvalue weighted by Gasteiger charge is -2.32. The Morgan fingerprint density at radius 1 is 0.936 bits per heavy atom. The second-order valence-corrected chi connectivity index (χ2v) is 12.5. The highest BCUT2D eigenvalue weighted by Gasteiger charge is 2.30. The van der Waals surface area contributed by atoms with Crippen LogP contribution in [-0.4, -0.2) is 110 Å². The monoisotopic (exact) mass is 642 g/mol. The summed E-state index contributed by atoms with van der Waals surface area (Å²) in [5.41, 5.74) is 0.0464. The molecule has 2 fully saturated rings. The molecule has 0 radical (unpaired) electrons. The van der Waals surface area contributed by atoms with Gasteiger partial charge in [-0.05, 0) is 49.0 Å². The Morgan fingerprint density at radius 3 is 2.43 bits per heavy atom. The highest BCUT2D eigenvalue weighted by atomic mass is 19.1. The van der Waals surface area contributed by atoms with Gasteiger partial charge in [0, 0.05) is 65.0 Å². The lowest BCUT2D eigenvalue weighted by molar-refractivity contribution is -0.116. The first-order chi connectivity index (χ1) is 22.9. The fourth-order valence-electron chi connectivity index (χ4n) is 6.54. The van der Waals surface area contributed by atoms with E-state index in [0.29, 0.717) is 37.7 Å². The highest BCUT2D eigenvalue weighted by molar-refractivity contribution is 6.04. The van der Waals surface area contributed by atoms with E-state index in [1.165, 1.54) is 6.20 Å². The van der Waals surface area contributed by atoms with Gasteiger partial charge in [0.25, 0.3) is 5.91 Å². The Morgan fingerprint density at radius 2 is 1.66 bits per heavy atom. The number of morpholine rings is 1. The number of amides is 2. The number of nitrogens with zero attached hydrogens (tertiary/aromatic N) is 4. The van der Waals surface area contributed by atoms with Crippen molar-refractivity contribution in [1.82, 2.24) is 24.6 Å². The number of rotatable bonds is 9. The number of pyridine rings is 1. The number of nitrogens with one attached hydrogen (secondary N) is 2. The first-order valence-electron chi connectivity index (χ1n) is 16.3. The lowest BCUT2D eigenvalue weighted by atomic mass is 10.0. The zero-order chi connectivity index (χ0) is 32.5. The van der Waals surface area contributed by atoms with Crippen LogP contribution in [0.4, 0.5) is 10.1 Å². The maximum Gasteiger partial charge on any atom is 0.256 e. The molecule has 7 rings (SSSR count). The topological polar surface area (TPSA) is 108 Å². The largest absolute Gasteiger partial charge is 0.451 e. The molecule has 0 bridgehead atoms. The zero-order valence-electron chi connectivity index (χ0n) is 26.5. The van der Waals surface area contributed by atoms with Crippen molar-refractivity contribution in [2.45, 2.75) is 12.8 Å². The van der Waals surface area contributed by atoms with E-state index in [1.54, 1.807) is 4.57 Å². The van der Waals surface area contributed by atoms with Gasteiger partial charge in [0.2, 0.25) is 11.3 Å². The quantitative estimate of drug-likeness (QED) is 0.236. The molecule has 2 N–H and O–H groups in total. The number of anilines is 1. The summed E-state index contributed by atoms with van der Waals surface area (Å²) >= 11 is 0. The Kier molecular flexibility index (Phi) is 8.91. The third-order valence-corrected chi connectivity index (χ3v) is 9.29. The molecule has 12 heteroatoms. The summed E-state index contributed by atoms with van der Waals surface area (Å²) in [5.74, 6) is -1.27. The highest BCUT2D eigenvalue weighted by Crippen LogP contribution is 2.46. The number of hydrogen-bond donors (Lipinski definition) is 2. The van der Waals surface area contributed by atoms with Crippen LogP contribution in [0.1, 0.15) is 23.2 Å². The molecule has 2 saturated heterocycles. The van der Waals surface area contributed by atoms with Crippen molar-refractivity contribution >= 4 is 39.2 Å². The van der Waals surface area contributed by atoms with Gasteiger partial charge in [0.1, 0.15) is 16.8 Å². The summed E-state index contributed by atoms with van der Waals surface area (Å²) in [4.78, 5) is 47.1. The van der Waals surface area contributed by atoms with Crippen LogP contribution in [0.25, 0.3) is 27.4 Å². The number of ether oxygens (including phenoxy) is 2. The number of fused-ring (bicyclic) bond motifs is 3. The number of likely N-dealkylation sites (N-methyl/N-ethyl adjacent to an activating group) is 1. The van der Waals surface area contributed by atoms with Crippen LogP contribution in [-0.2, 0) is 9.53 Å². The van der Waals surface area contributed by atoms with Crippen LogP contribution in [0.15, 0.2) is 53.5 Å². The molecule has 3 aliphatic rings. The maximum atomic E-state index is 15.9. The van der Waals surface area contributed by atoms with Crippen LogP contribution in [0.3, 0.4) is 0 Å². The van der Waals surface area contributed by atoms with Crippen molar-refractivity contribution in [3.8, 4) is 17.2 Å². The summed E-state index contributed by atoms with van der Waals surface area (Å²) in [7, 11) is 2.11. The molecule has 2 amide bonds. The van der Waals surface area contributed by atoms with Gasteiger partial charge < -0.3 is 34.5 Å². The fraction of sp³-hybridized carbons (Fsp3) is 0.400. The maximum absolute atomic E-state index is 15.9. The molecule has 1 aromatic heterocycles. The predicted octanol–water partition coefficient (Wildman–Crippen LogP) is 3.42. The second-order valence-electron chi connectivity index (χ2n) is 12.5. The van der Waals surface area contributed by atoms with Gasteiger partial charge >= 0.3 is 0 Å². The number of hydrogen-bond acceptors (Lipinski definition) is 8. The number of carbonyl (C=O) groups excluding carboxylic acids is 2. The van der Waals surface area contributed by atoms with Crippen molar-refractivity contribution in [1.29, 1.82) is 0 Å². The van der Waals surface area contributed by atoms with Crippen LogP contribution in [0.5, 0.6) is 11.5 Å². The van der Waals surface area contributed by atoms with Crippen LogP contribution < -0.4 is 20.8 Å². The van der Waals surface area contributed by atoms with E-state index in [4.69, 9.17) is 9.47 Å². The molecular formula is C35H39FN6O5. The summed E-state index contributed by atoms with van der Waals surface area (Å²) in [6.07, 6.45) is 2.40. The van der Waals surface area contributed by atoms with Gasteiger partial charge in [0.15, 0.2) is 17.3 Å². The van der Waals surface area contributed by atoms with Crippen molar-refractivity contribution in [2.75, 3.05) is 84.5 Å². The van der Waals surface area contributed by atoms with Crippen LogP contribution >= 0.6 is 0 Å². The predicted molar refractivity (Wildman–Crippen MR) is 178 cm³/mol. The molecule has 3 aromatic carbocycles. The van der Waals surface area contributed by atoms with Crippen LogP contribution in [0, 0.1) is 5.82 Å². The van der Waals surface area contributed by atoms with E-state index in [1.807, 2.05) is 36.4 Å². The summed E-state index contributed by atoms with van der Waals surface area (Å²) in [6, 6.07) is 12.6. The van der Waals surface area contributed by atoms with E-state index in [9.17, 15) is 14.4 Å². The Hall–Kier alpha value is -4.36. The third-order valence-electron chi connectivity index (χ3n) is 9.29. The molecule has 47 heavy (non-hydrogen) atoms. The van der Waals surface area contributed by atoms with Crippen molar-refractivity contribution in [3.05, 3.63) is 70.3 Å². The molecule has 3 aliphatic heterocycles. The van der Waals surface area contributed by atoms with Gasteiger partial charge in [-0.3, -0.25) is 19.3 Å². The van der Waals surface area contributed by atoms with Crippen molar-refractivity contribution in [2.24, 2.45) is 0 Å². The minimum absolute atomic E-state index is 0.00675. The Balaban J connectivity index is 1.21. The minimum atomic E-state index is -0.815. The minimum Gasteiger partial charge on any atom is -0.451 e. The summed E-state index contributed by atoms with van der Waals surface area (Å²) in [5, 5.41) is 7.44. The van der Waals surface area contributed by atoms with Gasteiger partial charge in [-0.2, -0.15) is 0 Å². The van der Waals surface area contributed by atoms with E-state index >= 15 is 4.39 Å². The molecule has 4 heterocycles. The molecule has 246 valence electrons. The number of halogens is 1. The summed E-state index contributed by atoms with van der Waals surface area (Å²) < 4.78 is 29.3. The Bertz CT molecular complexity index is 1900. The average molecular weight is 643 g/mol. The van der Waals surface area contributed by atoms with E-state index in [0.717, 1.165) is 69.1 Å². The van der Waals surface area contributed by atoms with Crippen LogP contribution in [0.2, 0.25) is 0 Å². The molecule has 11 nitrogen and oxygen atoms in total. The zero-order valence-corrected chi connectivity index (χ0v) is 26.5. The first-order valence-corrected chi connectivity index (χ1v) is 16.3. The average Bonchev–Trinajstić information content (AvgIpc) is 3.08. The molecule has 0 aliphatic carbocycles.